The molecule has 0 unspecified atom stereocenters. The Balaban J connectivity index is 2.25. The molecule has 0 amide bonds. The quantitative estimate of drug-likeness (QED) is 0.333. The van der Waals surface area contributed by atoms with Crippen molar-refractivity contribution in [2.24, 2.45) is 5.16 Å². The lowest BCUT2D eigenvalue weighted by atomic mass is 10.2. The first-order valence-electron chi connectivity index (χ1n) is 7.41. The van der Waals surface area contributed by atoms with Gasteiger partial charge in [-0.25, -0.2) is 4.79 Å². The number of hydrogen-bond donors (Lipinski definition) is 1. The van der Waals surface area contributed by atoms with Gasteiger partial charge in [0.05, 0.1) is 23.4 Å². The Kier molecular flexibility index (Phi) is 4.53. The van der Waals surface area contributed by atoms with E-state index in [0.29, 0.717) is 10.7 Å². The zero-order chi connectivity index (χ0) is 17.1. The highest BCUT2D eigenvalue weighted by atomic mass is 35.5. The summed E-state index contributed by atoms with van der Waals surface area (Å²) in [6.45, 7) is 2.02. The van der Waals surface area contributed by atoms with Crippen molar-refractivity contribution in [3.05, 3.63) is 64.8 Å². The summed E-state index contributed by atoms with van der Waals surface area (Å²) >= 11 is 6.45. The van der Waals surface area contributed by atoms with Crippen molar-refractivity contribution in [1.82, 2.24) is 4.57 Å². The lowest BCUT2D eigenvalue weighted by molar-refractivity contribution is 0.0517. The topological polar surface area (TPSA) is 63.8 Å². The largest absolute Gasteiger partial charge is 0.461 e. The van der Waals surface area contributed by atoms with E-state index in [2.05, 4.69) is 5.16 Å². The maximum absolute atomic E-state index is 12.4. The molecule has 0 aliphatic rings. The molecule has 24 heavy (non-hydrogen) atoms. The Morgan fingerprint density at radius 1 is 1.25 bits per heavy atom. The van der Waals surface area contributed by atoms with E-state index in [4.69, 9.17) is 21.5 Å². The van der Waals surface area contributed by atoms with Crippen LogP contribution in [0.1, 0.15) is 23.0 Å². The number of aromatic nitrogens is 1. The van der Waals surface area contributed by atoms with Crippen molar-refractivity contribution in [1.29, 1.82) is 0 Å². The second-order valence-corrected chi connectivity index (χ2v) is 5.45. The number of halogens is 1. The summed E-state index contributed by atoms with van der Waals surface area (Å²) in [5.41, 5.74) is 2.61. The molecule has 0 spiro atoms. The van der Waals surface area contributed by atoms with E-state index < -0.39 is 5.97 Å². The normalized spacial score (nSPS) is 11.2. The molecule has 5 nitrogen and oxygen atoms in total. The molecule has 0 bridgehead atoms. The molecule has 0 fully saturated rings. The molecule has 1 aromatic heterocycles. The van der Waals surface area contributed by atoms with Crippen LogP contribution in [0.3, 0.4) is 0 Å². The Morgan fingerprint density at radius 2 is 1.96 bits per heavy atom. The zero-order valence-electron chi connectivity index (χ0n) is 12.9. The molecule has 122 valence electrons. The highest BCUT2D eigenvalue weighted by molar-refractivity contribution is 6.38. The van der Waals surface area contributed by atoms with Crippen LogP contribution in [0, 0.1) is 0 Å². The van der Waals surface area contributed by atoms with Gasteiger partial charge in [-0.1, -0.05) is 47.1 Å². The summed E-state index contributed by atoms with van der Waals surface area (Å²) in [6, 6.07) is 14.7. The number of carbonyl (C=O) groups excluding carboxylic acids is 1. The minimum absolute atomic E-state index is 0.266. The molecule has 0 saturated heterocycles. The maximum Gasteiger partial charge on any atom is 0.356 e. The van der Waals surface area contributed by atoms with Crippen molar-refractivity contribution < 1.29 is 14.7 Å². The van der Waals surface area contributed by atoms with Gasteiger partial charge >= 0.3 is 5.97 Å². The van der Waals surface area contributed by atoms with Crippen molar-refractivity contribution in [2.45, 2.75) is 6.92 Å². The number of para-hydroxylation sites is 1. The SMILES string of the molecule is CCOC(=O)c1c(Cl)c2ccccc2n1-c1ccc(C=NO)cc1. The van der Waals surface area contributed by atoms with Gasteiger partial charge in [0.2, 0.25) is 0 Å². The van der Waals surface area contributed by atoms with Gasteiger partial charge in [0.15, 0.2) is 5.69 Å². The van der Waals surface area contributed by atoms with E-state index >= 15 is 0 Å². The fourth-order valence-electron chi connectivity index (χ4n) is 2.63. The Morgan fingerprint density at radius 3 is 2.62 bits per heavy atom. The van der Waals surface area contributed by atoms with E-state index in [0.717, 1.165) is 22.2 Å². The minimum atomic E-state index is -0.473. The third-order valence-corrected chi connectivity index (χ3v) is 4.02. The van der Waals surface area contributed by atoms with Crippen LogP contribution in [0.15, 0.2) is 53.7 Å². The Bertz CT molecular complexity index is 914. The van der Waals surface area contributed by atoms with Gasteiger partial charge in [0, 0.05) is 11.1 Å². The number of esters is 1. The van der Waals surface area contributed by atoms with E-state index in [9.17, 15) is 4.79 Å². The van der Waals surface area contributed by atoms with Gasteiger partial charge in [0.1, 0.15) is 0 Å². The van der Waals surface area contributed by atoms with Crippen molar-refractivity contribution in [3.63, 3.8) is 0 Å². The van der Waals surface area contributed by atoms with Crippen molar-refractivity contribution >= 4 is 34.7 Å². The molecule has 3 rings (SSSR count). The van der Waals surface area contributed by atoms with Crippen LogP contribution in [0.5, 0.6) is 0 Å². The smallest absolute Gasteiger partial charge is 0.356 e. The Labute approximate surface area is 143 Å². The van der Waals surface area contributed by atoms with Crippen LogP contribution in [0.4, 0.5) is 0 Å². The summed E-state index contributed by atoms with van der Waals surface area (Å²) < 4.78 is 6.94. The average Bonchev–Trinajstić information content (AvgIpc) is 2.89. The molecule has 2 aromatic carbocycles. The van der Waals surface area contributed by atoms with Gasteiger partial charge in [-0.05, 0) is 30.7 Å². The first-order valence-corrected chi connectivity index (χ1v) is 7.79. The van der Waals surface area contributed by atoms with Crippen LogP contribution < -0.4 is 0 Å². The van der Waals surface area contributed by atoms with Crippen LogP contribution in [0.25, 0.3) is 16.6 Å². The second-order valence-electron chi connectivity index (χ2n) is 5.07. The molecule has 6 heteroatoms. The molecule has 0 radical (unpaired) electrons. The third kappa shape index (κ3) is 2.74. The Hall–Kier alpha value is -2.79. The first kappa shape index (κ1) is 16.1. The summed E-state index contributed by atoms with van der Waals surface area (Å²) in [5.74, 6) is -0.473. The third-order valence-electron chi connectivity index (χ3n) is 3.64. The first-order chi connectivity index (χ1) is 11.7. The van der Waals surface area contributed by atoms with Crippen molar-refractivity contribution in [2.75, 3.05) is 6.61 Å². The lowest BCUT2D eigenvalue weighted by Gasteiger charge is -2.10. The summed E-state index contributed by atoms with van der Waals surface area (Å²) in [6.07, 6.45) is 1.33. The van der Waals surface area contributed by atoms with Crippen molar-refractivity contribution in [3.8, 4) is 5.69 Å². The summed E-state index contributed by atoms with van der Waals surface area (Å²) in [7, 11) is 0. The standard InChI is InChI=1S/C18H15ClN2O3/c1-2-24-18(22)17-16(19)14-5-3-4-6-15(14)21(17)13-9-7-12(8-10-13)11-20-23/h3-11,23H,2H2,1H3. The minimum Gasteiger partial charge on any atom is -0.461 e. The maximum atomic E-state index is 12.4. The number of nitrogens with zero attached hydrogens (tertiary/aromatic N) is 2. The fraction of sp³-hybridized carbons (Fsp3) is 0.111. The number of hydrogen-bond acceptors (Lipinski definition) is 4. The summed E-state index contributed by atoms with van der Waals surface area (Å²) in [4.78, 5) is 12.4. The number of fused-ring (bicyclic) bond motifs is 1. The number of benzene rings is 2. The highest BCUT2D eigenvalue weighted by Crippen LogP contribution is 2.33. The van der Waals surface area contributed by atoms with Crippen LogP contribution in [0.2, 0.25) is 5.02 Å². The van der Waals surface area contributed by atoms with Crippen LogP contribution in [-0.4, -0.2) is 28.6 Å². The molecule has 0 aliphatic heterocycles. The number of ether oxygens (including phenoxy) is 1. The van der Waals surface area contributed by atoms with E-state index in [1.54, 1.807) is 23.6 Å². The molecular weight excluding hydrogens is 328 g/mol. The number of carbonyl (C=O) groups is 1. The van der Waals surface area contributed by atoms with Gasteiger partial charge < -0.3 is 14.5 Å². The predicted octanol–water partition coefficient (Wildman–Crippen LogP) is 4.27. The molecule has 0 saturated carbocycles. The number of oxime groups is 1. The van der Waals surface area contributed by atoms with Gasteiger partial charge in [-0.15, -0.1) is 0 Å². The molecular formula is C18H15ClN2O3. The second kappa shape index (κ2) is 6.76. The fourth-order valence-corrected chi connectivity index (χ4v) is 2.95. The molecule has 1 N–H and O–H groups in total. The average molecular weight is 343 g/mol. The lowest BCUT2D eigenvalue weighted by Crippen LogP contribution is -2.11. The predicted molar refractivity (Wildman–Crippen MR) is 93.6 cm³/mol. The molecule has 0 atom stereocenters. The van der Waals surface area contributed by atoms with Crippen LogP contribution in [-0.2, 0) is 4.74 Å². The van der Waals surface area contributed by atoms with Crippen LogP contribution >= 0.6 is 11.6 Å². The van der Waals surface area contributed by atoms with E-state index in [1.165, 1.54) is 6.21 Å². The van der Waals surface area contributed by atoms with Gasteiger partial charge in [-0.3, -0.25) is 0 Å². The molecule has 3 aromatic rings. The van der Waals surface area contributed by atoms with E-state index in [1.807, 2.05) is 36.4 Å². The van der Waals surface area contributed by atoms with Gasteiger partial charge in [-0.2, -0.15) is 0 Å². The monoisotopic (exact) mass is 342 g/mol. The molecule has 0 aliphatic carbocycles. The van der Waals surface area contributed by atoms with E-state index in [-0.39, 0.29) is 6.61 Å². The summed E-state index contributed by atoms with van der Waals surface area (Å²) in [5, 5.41) is 12.8. The molecule has 1 heterocycles. The highest BCUT2D eigenvalue weighted by Gasteiger charge is 2.23. The number of rotatable bonds is 4. The zero-order valence-corrected chi connectivity index (χ0v) is 13.7. The van der Waals surface area contributed by atoms with Gasteiger partial charge in [0.25, 0.3) is 0 Å².